The van der Waals surface area contributed by atoms with E-state index in [1.165, 1.54) is 6.07 Å². The minimum atomic E-state index is -0.546. The van der Waals surface area contributed by atoms with Crippen LogP contribution in [0, 0.1) is 18.6 Å². The van der Waals surface area contributed by atoms with E-state index < -0.39 is 11.6 Å². The average Bonchev–Trinajstić information content (AvgIpc) is 2.20. The van der Waals surface area contributed by atoms with E-state index in [2.05, 4.69) is 9.97 Å². The number of hydrogen-bond donors (Lipinski definition) is 0. The molecule has 0 unspecified atom stereocenters. The first-order chi connectivity index (χ1) is 7.56. The zero-order chi connectivity index (χ0) is 11.7. The number of hydrogen-bond acceptors (Lipinski definition) is 2. The number of aryl methyl sites for hydroxylation is 1. The molecule has 0 aliphatic carbocycles. The third-order valence-corrected chi connectivity index (χ3v) is 2.20. The summed E-state index contributed by atoms with van der Waals surface area (Å²) in [6, 6.07) is 4.57. The second-order valence-electron chi connectivity index (χ2n) is 3.25. The van der Waals surface area contributed by atoms with E-state index in [4.69, 9.17) is 11.6 Å². The van der Waals surface area contributed by atoms with Crippen molar-refractivity contribution in [3.05, 3.63) is 46.9 Å². The van der Waals surface area contributed by atoms with Crippen LogP contribution < -0.4 is 0 Å². The van der Waals surface area contributed by atoms with E-state index >= 15 is 0 Å². The van der Waals surface area contributed by atoms with Gasteiger partial charge in [-0.2, -0.15) is 0 Å². The second-order valence-corrected chi connectivity index (χ2v) is 3.63. The summed E-state index contributed by atoms with van der Waals surface area (Å²) in [6.07, 6.45) is 0. The second kappa shape index (κ2) is 4.14. The Balaban J connectivity index is 2.62. The van der Waals surface area contributed by atoms with Gasteiger partial charge in [-0.05, 0) is 25.1 Å². The molecule has 0 radical (unpaired) electrons. The predicted octanol–water partition coefficient (Wildman–Crippen LogP) is 3.38. The highest BCUT2D eigenvalue weighted by Crippen LogP contribution is 2.23. The molecule has 2 nitrogen and oxygen atoms in total. The highest BCUT2D eigenvalue weighted by molar-refractivity contribution is 6.29. The molecule has 1 heterocycles. The first kappa shape index (κ1) is 11.0. The van der Waals surface area contributed by atoms with Crippen LogP contribution in [0.3, 0.4) is 0 Å². The summed E-state index contributed by atoms with van der Waals surface area (Å²) < 4.78 is 26.4. The fourth-order valence-electron chi connectivity index (χ4n) is 1.36. The minimum Gasteiger partial charge on any atom is -0.233 e. The molecule has 0 N–H and O–H groups in total. The first-order valence-corrected chi connectivity index (χ1v) is 4.90. The lowest BCUT2D eigenvalue weighted by Gasteiger charge is -2.04. The summed E-state index contributed by atoms with van der Waals surface area (Å²) in [4.78, 5) is 7.85. The molecule has 0 bridgehead atoms. The number of benzene rings is 1. The van der Waals surface area contributed by atoms with Gasteiger partial charge in [0.05, 0.1) is 5.69 Å². The van der Waals surface area contributed by atoms with Crippen LogP contribution in [-0.4, -0.2) is 9.97 Å². The Hall–Kier alpha value is -1.55. The Bertz CT molecular complexity index is 523. The highest BCUT2D eigenvalue weighted by atomic mass is 35.5. The van der Waals surface area contributed by atoms with Crippen molar-refractivity contribution in [2.24, 2.45) is 0 Å². The Morgan fingerprint density at radius 3 is 2.56 bits per heavy atom. The number of halogens is 3. The maximum atomic E-state index is 13.4. The summed E-state index contributed by atoms with van der Waals surface area (Å²) in [5, 5.41) is 0.200. The van der Waals surface area contributed by atoms with Gasteiger partial charge < -0.3 is 0 Å². The van der Waals surface area contributed by atoms with Crippen molar-refractivity contribution < 1.29 is 8.78 Å². The Kier molecular flexibility index (Phi) is 2.83. The van der Waals surface area contributed by atoms with Crippen molar-refractivity contribution in [1.29, 1.82) is 0 Å². The van der Waals surface area contributed by atoms with Gasteiger partial charge in [-0.3, -0.25) is 0 Å². The predicted molar refractivity (Wildman–Crippen MR) is 57.1 cm³/mol. The zero-order valence-corrected chi connectivity index (χ0v) is 9.09. The largest absolute Gasteiger partial charge is 0.233 e. The van der Waals surface area contributed by atoms with Crippen molar-refractivity contribution in [2.75, 3.05) is 0 Å². The van der Waals surface area contributed by atoms with Gasteiger partial charge >= 0.3 is 0 Å². The van der Waals surface area contributed by atoms with E-state index in [1.54, 1.807) is 6.92 Å². The van der Waals surface area contributed by atoms with Crippen LogP contribution in [0.25, 0.3) is 11.3 Å². The molecule has 5 heteroatoms. The van der Waals surface area contributed by atoms with Gasteiger partial charge in [0.2, 0.25) is 0 Å². The molecule has 0 atom stereocenters. The third kappa shape index (κ3) is 2.17. The van der Waals surface area contributed by atoms with E-state index in [0.717, 1.165) is 18.2 Å². The lowest BCUT2D eigenvalue weighted by molar-refractivity contribution is 0.602. The third-order valence-electron chi connectivity index (χ3n) is 2.01. The average molecular weight is 241 g/mol. The van der Waals surface area contributed by atoms with Crippen LogP contribution in [0.5, 0.6) is 0 Å². The molecule has 0 spiro atoms. The van der Waals surface area contributed by atoms with Gasteiger partial charge in [0.25, 0.3) is 0 Å². The van der Waals surface area contributed by atoms with Gasteiger partial charge in [-0.15, -0.1) is 0 Å². The normalized spacial score (nSPS) is 10.5. The van der Waals surface area contributed by atoms with E-state index in [1.807, 2.05) is 0 Å². The summed E-state index contributed by atoms with van der Waals surface area (Å²) in [5.41, 5.74) is 0.349. The molecule has 0 aliphatic heterocycles. The van der Waals surface area contributed by atoms with Gasteiger partial charge in [0.15, 0.2) is 0 Å². The SMILES string of the molecule is Cc1nc(Cl)cc(-c2cc(F)ccc2F)n1. The maximum absolute atomic E-state index is 13.4. The van der Waals surface area contributed by atoms with Crippen molar-refractivity contribution >= 4 is 11.6 Å². The number of aromatic nitrogens is 2. The summed E-state index contributed by atoms with van der Waals surface area (Å²) in [7, 11) is 0. The van der Waals surface area contributed by atoms with Gasteiger partial charge in [-0.25, -0.2) is 18.7 Å². The molecule has 2 aromatic rings. The highest BCUT2D eigenvalue weighted by Gasteiger charge is 2.09. The first-order valence-electron chi connectivity index (χ1n) is 4.53. The molecule has 16 heavy (non-hydrogen) atoms. The minimum absolute atomic E-state index is 0.0763. The molecule has 0 saturated heterocycles. The Morgan fingerprint density at radius 2 is 1.88 bits per heavy atom. The summed E-state index contributed by atoms with van der Waals surface area (Å²) in [6.45, 7) is 1.63. The lowest BCUT2D eigenvalue weighted by atomic mass is 10.1. The van der Waals surface area contributed by atoms with Gasteiger partial charge in [-0.1, -0.05) is 11.6 Å². The van der Waals surface area contributed by atoms with Crippen molar-refractivity contribution in [1.82, 2.24) is 9.97 Å². The molecular weight excluding hydrogens is 234 g/mol. The van der Waals surface area contributed by atoms with Crippen LogP contribution in [0.15, 0.2) is 24.3 Å². The van der Waals surface area contributed by atoms with Crippen molar-refractivity contribution in [3.8, 4) is 11.3 Å². The van der Waals surface area contributed by atoms with Crippen LogP contribution in [-0.2, 0) is 0 Å². The fourth-order valence-corrected chi connectivity index (χ4v) is 1.59. The molecule has 82 valence electrons. The summed E-state index contributed by atoms with van der Waals surface area (Å²) >= 11 is 5.72. The molecule has 2 rings (SSSR count). The Morgan fingerprint density at radius 1 is 1.12 bits per heavy atom. The van der Waals surface area contributed by atoms with E-state index in [-0.39, 0.29) is 16.4 Å². The van der Waals surface area contributed by atoms with Gasteiger partial charge in [0.1, 0.15) is 22.6 Å². The molecule has 0 aliphatic rings. The summed E-state index contributed by atoms with van der Waals surface area (Å²) in [5.74, 6) is -0.662. The molecule has 1 aromatic heterocycles. The number of nitrogens with zero attached hydrogens (tertiary/aromatic N) is 2. The Labute approximate surface area is 95.9 Å². The van der Waals surface area contributed by atoms with Crippen LogP contribution in [0.4, 0.5) is 8.78 Å². The van der Waals surface area contributed by atoms with Crippen LogP contribution in [0.1, 0.15) is 5.82 Å². The molecule has 0 fully saturated rings. The van der Waals surface area contributed by atoms with E-state index in [9.17, 15) is 8.78 Å². The monoisotopic (exact) mass is 240 g/mol. The quantitative estimate of drug-likeness (QED) is 0.714. The van der Waals surface area contributed by atoms with Crippen molar-refractivity contribution in [2.45, 2.75) is 6.92 Å². The topological polar surface area (TPSA) is 25.8 Å². The molecule has 0 saturated carbocycles. The lowest BCUT2D eigenvalue weighted by Crippen LogP contribution is -1.94. The zero-order valence-electron chi connectivity index (χ0n) is 8.34. The maximum Gasteiger partial charge on any atom is 0.133 e. The molecule has 1 aromatic carbocycles. The molecule has 0 amide bonds. The smallest absolute Gasteiger partial charge is 0.133 e. The fraction of sp³-hybridized carbons (Fsp3) is 0.0909. The van der Waals surface area contributed by atoms with E-state index in [0.29, 0.717) is 5.82 Å². The molecular formula is C11H7ClF2N2. The van der Waals surface area contributed by atoms with Crippen LogP contribution >= 0.6 is 11.6 Å². The van der Waals surface area contributed by atoms with Gasteiger partial charge in [0, 0.05) is 11.6 Å². The van der Waals surface area contributed by atoms with Crippen molar-refractivity contribution in [3.63, 3.8) is 0 Å². The number of rotatable bonds is 1. The van der Waals surface area contributed by atoms with Crippen LogP contribution in [0.2, 0.25) is 5.15 Å². The standard InChI is InChI=1S/C11H7ClF2N2/c1-6-15-10(5-11(12)16-6)8-4-7(13)2-3-9(8)14/h2-5H,1H3.